The number of benzene rings is 1. The predicted molar refractivity (Wildman–Crippen MR) is 75.3 cm³/mol. The molecule has 0 bridgehead atoms. The second-order valence-corrected chi connectivity index (χ2v) is 4.55. The van der Waals surface area contributed by atoms with E-state index in [9.17, 15) is 4.79 Å². The molecule has 1 N–H and O–H groups in total. The molecular weight excluding hydrogens is 242 g/mol. The number of methoxy groups -OCH3 is 1. The Hall–Kier alpha value is -1.55. The van der Waals surface area contributed by atoms with Crippen molar-refractivity contribution in [2.45, 2.75) is 39.3 Å². The molecule has 0 spiro atoms. The number of rotatable bonds is 7. The van der Waals surface area contributed by atoms with Gasteiger partial charge in [0.15, 0.2) is 0 Å². The van der Waals surface area contributed by atoms with Gasteiger partial charge in [0.25, 0.3) is 0 Å². The highest BCUT2D eigenvalue weighted by Gasteiger charge is 2.16. The fourth-order valence-electron chi connectivity index (χ4n) is 1.79. The van der Waals surface area contributed by atoms with Crippen molar-refractivity contribution in [1.29, 1.82) is 0 Å². The van der Waals surface area contributed by atoms with Crippen LogP contribution in [0.15, 0.2) is 24.3 Å². The molecule has 0 aliphatic rings. The van der Waals surface area contributed by atoms with Gasteiger partial charge in [-0.05, 0) is 38.0 Å². The van der Waals surface area contributed by atoms with Crippen LogP contribution < -0.4 is 10.1 Å². The third-order valence-electron chi connectivity index (χ3n) is 2.91. The van der Waals surface area contributed by atoms with Gasteiger partial charge in [-0.1, -0.05) is 19.1 Å². The first-order chi connectivity index (χ1) is 9.08. The predicted octanol–water partition coefficient (Wildman–Crippen LogP) is 2.69. The Bertz CT molecular complexity index is 389. The number of carbonyl (C=O) groups excluding carboxylic acids is 1. The van der Waals surface area contributed by atoms with Crippen LogP contribution in [0.5, 0.6) is 5.75 Å². The van der Waals surface area contributed by atoms with Crippen LogP contribution in [0, 0.1) is 0 Å². The van der Waals surface area contributed by atoms with Crippen molar-refractivity contribution in [2.24, 2.45) is 0 Å². The summed E-state index contributed by atoms with van der Waals surface area (Å²) in [7, 11) is 1.39. The van der Waals surface area contributed by atoms with E-state index in [1.165, 1.54) is 7.11 Å². The minimum absolute atomic E-state index is 0.0781. The van der Waals surface area contributed by atoms with E-state index in [1.807, 2.05) is 31.2 Å². The second kappa shape index (κ2) is 7.79. The molecule has 0 aliphatic carbocycles. The summed E-state index contributed by atoms with van der Waals surface area (Å²) in [5, 5.41) is 3.19. The summed E-state index contributed by atoms with van der Waals surface area (Å²) in [6, 6.07) is 7.67. The number of nitrogens with one attached hydrogen (secondary N) is 1. The molecule has 0 saturated heterocycles. The van der Waals surface area contributed by atoms with E-state index in [1.54, 1.807) is 6.92 Å². The van der Waals surface area contributed by atoms with Crippen LogP contribution in [0.3, 0.4) is 0 Å². The van der Waals surface area contributed by atoms with Gasteiger partial charge in [-0.15, -0.1) is 0 Å². The van der Waals surface area contributed by atoms with Crippen molar-refractivity contribution >= 4 is 5.97 Å². The zero-order valence-corrected chi connectivity index (χ0v) is 12.1. The van der Waals surface area contributed by atoms with Gasteiger partial charge in [-0.3, -0.25) is 10.1 Å². The molecule has 1 rings (SSSR count). The highest BCUT2D eigenvalue weighted by Crippen LogP contribution is 2.18. The quantitative estimate of drug-likeness (QED) is 0.770. The molecule has 0 heterocycles. The van der Waals surface area contributed by atoms with Gasteiger partial charge in [-0.25, -0.2) is 0 Å². The molecule has 0 aliphatic heterocycles. The summed E-state index contributed by atoms with van der Waals surface area (Å²) in [4.78, 5) is 11.3. The Kier molecular flexibility index (Phi) is 6.36. The molecule has 2 unspecified atom stereocenters. The average molecular weight is 265 g/mol. The number of ether oxygens (including phenoxy) is 2. The Labute approximate surface area is 115 Å². The monoisotopic (exact) mass is 265 g/mol. The summed E-state index contributed by atoms with van der Waals surface area (Å²) >= 11 is 0. The van der Waals surface area contributed by atoms with Gasteiger partial charge in [0.2, 0.25) is 0 Å². The van der Waals surface area contributed by atoms with E-state index >= 15 is 0 Å². The van der Waals surface area contributed by atoms with Crippen molar-refractivity contribution in [2.75, 3.05) is 13.7 Å². The van der Waals surface area contributed by atoms with Crippen LogP contribution in [0.25, 0.3) is 0 Å². The van der Waals surface area contributed by atoms with E-state index < -0.39 is 0 Å². The standard InChI is InChI=1S/C15H23NO3/c1-5-10-19-14-8-6-13(7-9-14)11(2)16-12(3)15(17)18-4/h6-9,11-12,16H,5,10H2,1-4H3. The fourth-order valence-corrected chi connectivity index (χ4v) is 1.79. The summed E-state index contributed by atoms with van der Waals surface area (Å²) in [5.41, 5.74) is 1.11. The van der Waals surface area contributed by atoms with E-state index in [0.29, 0.717) is 0 Å². The van der Waals surface area contributed by atoms with Gasteiger partial charge in [0.1, 0.15) is 11.8 Å². The molecule has 4 nitrogen and oxygen atoms in total. The Balaban J connectivity index is 2.57. The first-order valence-corrected chi connectivity index (χ1v) is 6.65. The van der Waals surface area contributed by atoms with Gasteiger partial charge < -0.3 is 9.47 Å². The lowest BCUT2D eigenvalue weighted by Gasteiger charge is -2.19. The second-order valence-electron chi connectivity index (χ2n) is 4.55. The smallest absolute Gasteiger partial charge is 0.322 e. The van der Waals surface area contributed by atoms with Crippen LogP contribution in [0.2, 0.25) is 0 Å². The summed E-state index contributed by atoms with van der Waals surface area (Å²) in [5.74, 6) is 0.619. The van der Waals surface area contributed by atoms with Gasteiger partial charge in [-0.2, -0.15) is 0 Å². The van der Waals surface area contributed by atoms with E-state index in [0.717, 1.165) is 24.3 Å². The Morgan fingerprint density at radius 1 is 1.26 bits per heavy atom. The van der Waals surface area contributed by atoms with Crippen molar-refractivity contribution in [3.63, 3.8) is 0 Å². The first-order valence-electron chi connectivity index (χ1n) is 6.65. The molecule has 0 saturated carbocycles. The van der Waals surface area contributed by atoms with Crippen LogP contribution in [0.4, 0.5) is 0 Å². The van der Waals surface area contributed by atoms with E-state index in [-0.39, 0.29) is 18.1 Å². The minimum atomic E-state index is -0.323. The normalized spacial score (nSPS) is 13.7. The molecular formula is C15H23NO3. The highest BCUT2D eigenvalue weighted by molar-refractivity contribution is 5.75. The molecule has 106 valence electrons. The molecule has 4 heteroatoms. The molecule has 1 aromatic rings. The number of hydrogen-bond donors (Lipinski definition) is 1. The van der Waals surface area contributed by atoms with Crippen LogP contribution >= 0.6 is 0 Å². The maximum atomic E-state index is 11.3. The van der Waals surface area contributed by atoms with Gasteiger partial charge in [0.05, 0.1) is 13.7 Å². The van der Waals surface area contributed by atoms with Crippen molar-refractivity contribution < 1.29 is 14.3 Å². The van der Waals surface area contributed by atoms with E-state index in [2.05, 4.69) is 12.2 Å². The molecule has 1 aromatic carbocycles. The first kappa shape index (κ1) is 15.5. The molecule has 19 heavy (non-hydrogen) atoms. The van der Waals surface area contributed by atoms with Crippen LogP contribution in [0.1, 0.15) is 38.8 Å². The fraction of sp³-hybridized carbons (Fsp3) is 0.533. The van der Waals surface area contributed by atoms with Crippen molar-refractivity contribution in [3.05, 3.63) is 29.8 Å². The lowest BCUT2D eigenvalue weighted by Crippen LogP contribution is -2.36. The van der Waals surface area contributed by atoms with E-state index in [4.69, 9.17) is 9.47 Å². The zero-order valence-electron chi connectivity index (χ0n) is 12.1. The largest absolute Gasteiger partial charge is 0.494 e. The SMILES string of the molecule is CCCOc1ccc(C(C)NC(C)C(=O)OC)cc1. The number of esters is 1. The number of carbonyl (C=O) groups is 1. The Morgan fingerprint density at radius 2 is 1.89 bits per heavy atom. The lowest BCUT2D eigenvalue weighted by atomic mass is 10.1. The topological polar surface area (TPSA) is 47.6 Å². The summed E-state index contributed by atoms with van der Waals surface area (Å²) < 4.78 is 10.2. The minimum Gasteiger partial charge on any atom is -0.494 e. The van der Waals surface area contributed by atoms with Crippen molar-refractivity contribution in [3.8, 4) is 5.75 Å². The molecule has 2 atom stereocenters. The zero-order chi connectivity index (χ0) is 14.3. The summed E-state index contributed by atoms with van der Waals surface area (Å²) in [6.07, 6.45) is 0.996. The lowest BCUT2D eigenvalue weighted by molar-refractivity contribution is -0.142. The highest BCUT2D eigenvalue weighted by atomic mass is 16.5. The molecule has 0 aromatic heterocycles. The third-order valence-corrected chi connectivity index (χ3v) is 2.91. The Morgan fingerprint density at radius 3 is 2.42 bits per heavy atom. The van der Waals surface area contributed by atoms with Gasteiger partial charge >= 0.3 is 5.97 Å². The number of hydrogen-bond acceptors (Lipinski definition) is 4. The van der Waals surface area contributed by atoms with Crippen molar-refractivity contribution in [1.82, 2.24) is 5.32 Å². The molecule has 0 amide bonds. The van der Waals surface area contributed by atoms with Gasteiger partial charge in [0, 0.05) is 6.04 Å². The average Bonchev–Trinajstić information content (AvgIpc) is 2.44. The van der Waals surface area contributed by atoms with Crippen LogP contribution in [-0.2, 0) is 9.53 Å². The maximum Gasteiger partial charge on any atom is 0.322 e. The van der Waals surface area contributed by atoms with Crippen LogP contribution in [-0.4, -0.2) is 25.7 Å². The molecule has 0 fully saturated rings. The third kappa shape index (κ3) is 4.91. The molecule has 0 radical (unpaired) electrons. The summed E-state index contributed by atoms with van der Waals surface area (Å²) in [6.45, 7) is 6.61. The maximum absolute atomic E-state index is 11.3.